The summed E-state index contributed by atoms with van der Waals surface area (Å²) >= 11 is 0. The summed E-state index contributed by atoms with van der Waals surface area (Å²) in [6, 6.07) is 34.3. The van der Waals surface area contributed by atoms with Crippen molar-refractivity contribution in [2.45, 2.75) is 44.1 Å². The molecule has 3 aromatic rings. The van der Waals surface area contributed by atoms with Crippen molar-refractivity contribution in [3.8, 4) is 0 Å². The lowest BCUT2D eigenvalue weighted by Crippen LogP contribution is -2.61. The van der Waals surface area contributed by atoms with Gasteiger partial charge in [0, 0.05) is 7.05 Å². The van der Waals surface area contributed by atoms with Gasteiger partial charge in [0.1, 0.15) is 15.9 Å². The predicted octanol–water partition coefficient (Wildman–Crippen LogP) is 5.80. The number of nitrogens with zero attached hydrogens (tertiary/aromatic N) is 1. The van der Waals surface area contributed by atoms with E-state index in [4.69, 9.17) is 0 Å². The van der Waals surface area contributed by atoms with Crippen LogP contribution in [0.5, 0.6) is 0 Å². The second kappa shape index (κ2) is 7.58. The minimum Gasteiger partial charge on any atom is -0.163 e. The van der Waals surface area contributed by atoms with Gasteiger partial charge in [0.2, 0.25) is 0 Å². The highest BCUT2D eigenvalue weighted by Crippen LogP contribution is 2.67. The molecule has 0 spiro atoms. The van der Waals surface area contributed by atoms with Crippen molar-refractivity contribution in [1.82, 2.24) is 4.67 Å². The number of hydrogen-bond donors (Lipinski definition) is 0. The maximum atomic E-state index is 2.95. The van der Waals surface area contributed by atoms with E-state index < -0.39 is 7.41 Å². The van der Waals surface area contributed by atoms with Crippen LogP contribution in [0.1, 0.15) is 38.5 Å². The van der Waals surface area contributed by atoms with Gasteiger partial charge in [-0.1, -0.05) is 54.6 Å². The number of benzene rings is 3. The molecular weight excluding hydrogens is 393 g/mol. The van der Waals surface area contributed by atoms with E-state index in [1.54, 1.807) is 0 Å². The highest BCUT2D eigenvalue weighted by Gasteiger charge is 2.62. The summed E-state index contributed by atoms with van der Waals surface area (Å²) in [6.07, 6.45) is 8.64. The first kappa shape index (κ1) is 19.7. The average molecular weight is 427 g/mol. The predicted molar refractivity (Wildman–Crippen MR) is 134 cm³/mol. The second-order valence-electron chi connectivity index (χ2n) is 10.3. The zero-order valence-corrected chi connectivity index (χ0v) is 19.4. The maximum absolute atomic E-state index is 2.95. The Bertz CT molecular complexity index is 898. The van der Waals surface area contributed by atoms with Crippen molar-refractivity contribution < 1.29 is 0 Å². The Labute approximate surface area is 187 Å². The molecule has 0 N–H and O–H groups in total. The normalized spacial score (nSPS) is 29.4. The molecule has 2 heteroatoms. The van der Waals surface area contributed by atoms with Crippen molar-refractivity contribution in [3.05, 3.63) is 91.0 Å². The quantitative estimate of drug-likeness (QED) is 0.466. The summed E-state index contributed by atoms with van der Waals surface area (Å²) in [6.45, 7) is 0. The van der Waals surface area contributed by atoms with E-state index in [0.29, 0.717) is 5.54 Å². The second-order valence-corrected chi connectivity index (χ2v) is 13.7. The SMILES string of the molecule is CN(C12CC3CC(CC(C3)C1)C2)[P+](c1ccccc1)(c1ccccc1)c1ccccc1. The molecule has 158 valence electrons. The zero-order valence-electron chi connectivity index (χ0n) is 18.5. The fourth-order valence-corrected chi connectivity index (χ4v) is 12.3. The first-order valence-corrected chi connectivity index (χ1v) is 13.8. The molecule has 0 aromatic heterocycles. The molecule has 0 saturated heterocycles. The summed E-state index contributed by atoms with van der Waals surface area (Å²) in [5.41, 5.74) is 0.337. The van der Waals surface area contributed by atoms with E-state index >= 15 is 0 Å². The molecule has 4 aliphatic carbocycles. The third kappa shape index (κ3) is 3.05. The van der Waals surface area contributed by atoms with Crippen LogP contribution in [-0.2, 0) is 0 Å². The lowest BCUT2D eigenvalue weighted by atomic mass is 9.53. The molecule has 0 unspecified atom stereocenters. The number of rotatable bonds is 5. The standard InChI is InChI=1S/C29H33NP/c1-30(29-20-23-17-24(21-29)19-25(18-23)22-29)31(26-11-5-2-6-12-26,27-13-7-3-8-14-27)28-15-9-4-10-16-28/h2-16,23-25H,17-22H2,1H3/q+1. The van der Waals surface area contributed by atoms with Crippen molar-refractivity contribution in [3.63, 3.8) is 0 Å². The molecule has 4 bridgehead atoms. The van der Waals surface area contributed by atoms with Crippen LogP contribution in [-0.4, -0.2) is 17.3 Å². The van der Waals surface area contributed by atoms with Gasteiger partial charge in [0.05, 0.1) is 5.54 Å². The summed E-state index contributed by atoms with van der Waals surface area (Å²) in [4.78, 5) is 0. The third-order valence-electron chi connectivity index (χ3n) is 8.53. The molecular formula is C29H33NP+. The fourth-order valence-electron chi connectivity index (χ4n) is 7.68. The molecule has 0 aliphatic heterocycles. The van der Waals surface area contributed by atoms with Gasteiger partial charge in [-0.3, -0.25) is 0 Å². The van der Waals surface area contributed by atoms with Gasteiger partial charge in [-0.15, -0.1) is 0 Å². The molecule has 7 rings (SSSR count). The molecule has 3 aromatic carbocycles. The lowest BCUT2D eigenvalue weighted by molar-refractivity contribution is -0.0486. The Balaban J connectivity index is 1.61. The van der Waals surface area contributed by atoms with Gasteiger partial charge < -0.3 is 0 Å². The summed E-state index contributed by atoms with van der Waals surface area (Å²) in [5, 5.41) is 4.47. The van der Waals surface area contributed by atoms with E-state index in [1.807, 2.05) is 0 Å². The van der Waals surface area contributed by atoms with Gasteiger partial charge in [0.15, 0.2) is 7.41 Å². The van der Waals surface area contributed by atoms with E-state index in [-0.39, 0.29) is 0 Å². The van der Waals surface area contributed by atoms with Gasteiger partial charge >= 0.3 is 0 Å². The van der Waals surface area contributed by atoms with E-state index in [1.165, 1.54) is 54.4 Å². The van der Waals surface area contributed by atoms with Crippen LogP contribution in [0, 0.1) is 17.8 Å². The molecule has 0 radical (unpaired) electrons. The minimum atomic E-state index is -1.96. The Hall–Kier alpha value is -1.95. The van der Waals surface area contributed by atoms with Crippen LogP contribution in [0.2, 0.25) is 0 Å². The van der Waals surface area contributed by atoms with Gasteiger partial charge in [-0.05, 0) is 92.7 Å². The Morgan fingerprint density at radius 2 is 0.903 bits per heavy atom. The van der Waals surface area contributed by atoms with Crippen molar-refractivity contribution in [1.29, 1.82) is 0 Å². The maximum Gasteiger partial charge on any atom is 0.181 e. The molecule has 4 aliphatic rings. The Morgan fingerprint density at radius 1 is 0.581 bits per heavy atom. The molecule has 1 nitrogen and oxygen atoms in total. The first-order chi connectivity index (χ1) is 15.2. The average Bonchev–Trinajstić information content (AvgIpc) is 2.81. The van der Waals surface area contributed by atoms with Crippen LogP contribution >= 0.6 is 7.41 Å². The molecule has 31 heavy (non-hydrogen) atoms. The highest BCUT2D eigenvalue weighted by molar-refractivity contribution is 7.93. The van der Waals surface area contributed by atoms with Gasteiger partial charge in [0.25, 0.3) is 0 Å². The zero-order chi connectivity index (χ0) is 20.9. The van der Waals surface area contributed by atoms with E-state index in [0.717, 1.165) is 17.8 Å². The smallest absolute Gasteiger partial charge is 0.163 e. The van der Waals surface area contributed by atoms with Crippen molar-refractivity contribution >= 4 is 23.3 Å². The Kier molecular flexibility index (Phi) is 4.82. The largest absolute Gasteiger partial charge is 0.181 e. The van der Waals surface area contributed by atoms with Crippen LogP contribution in [0.25, 0.3) is 0 Å². The van der Waals surface area contributed by atoms with Crippen molar-refractivity contribution in [2.24, 2.45) is 17.8 Å². The monoisotopic (exact) mass is 426 g/mol. The summed E-state index contributed by atoms with van der Waals surface area (Å²) in [5.74, 6) is 2.83. The molecule has 0 amide bonds. The lowest BCUT2D eigenvalue weighted by Gasteiger charge is -2.60. The number of hydrogen-bond acceptors (Lipinski definition) is 1. The van der Waals surface area contributed by atoms with E-state index in [9.17, 15) is 0 Å². The molecule has 4 fully saturated rings. The van der Waals surface area contributed by atoms with Gasteiger partial charge in [-0.2, -0.15) is 4.67 Å². The fraction of sp³-hybridized carbons (Fsp3) is 0.379. The first-order valence-electron chi connectivity index (χ1n) is 12.0. The van der Waals surface area contributed by atoms with Crippen LogP contribution in [0.15, 0.2) is 91.0 Å². The van der Waals surface area contributed by atoms with E-state index in [2.05, 4.69) is 103 Å². The van der Waals surface area contributed by atoms with Crippen LogP contribution in [0.4, 0.5) is 0 Å². The van der Waals surface area contributed by atoms with Crippen LogP contribution < -0.4 is 15.9 Å². The molecule has 0 atom stereocenters. The summed E-state index contributed by atoms with van der Waals surface area (Å²) < 4.78 is 2.95. The highest BCUT2D eigenvalue weighted by atomic mass is 31.2. The molecule has 4 saturated carbocycles. The topological polar surface area (TPSA) is 3.24 Å². The Morgan fingerprint density at radius 3 is 1.23 bits per heavy atom. The van der Waals surface area contributed by atoms with Gasteiger partial charge in [-0.25, -0.2) is 0 Å². The van der Waals surface area contributed by atoms with Crippen LogP contribution in [0.3, 0.4) is 0 Å². The third-order valence-corrected chi connectivity index (χ3v) is 13.0. The molecule has 0 heterocycles. The van der Waals surface area contributed by atoms with Crippen molar-refractivity contribution in [2.75, 3.05) is 7.05 Å². The summed E-state index contributed by atoms with van der Waals surface area (Å²) in [7, 11) is 0.534. The minimum absolute atomic E-state index is 0.337.